The molecule has 0 N–H and O–H groups in total. The summed E-state index contributed by atoms with van der Waals surface area (Å²) in [5.74, 6) is 0. The van der Waals surface area contributed by atoms with Crippen molar-refractivity contribution in [1.82, 2.24) is 0 Å². The molecule has 0 aromatic heterocycles. The molecule has 11 aromatic carbocycles. The van der Waals surface area contributed by atoms with Crippen LogP contribution in [0.15, 0.2) is 237 Å². The highest BCUT2D eigenvalue weighted by Crippen LogP contribution is 2.57. The number of aryl methyl sites for hydroxylation is 2. The number of hydrogen-bond donors (Lipinski definition) is 0. The molecule has 1 nitrogen and oxygen atoms in total. The van der Waals surface area contributed by atoms with E-state index in [9.17, 15) is 0 Å². The van der Waals surface area contributed by atoms with Gasteiger partial charge < -0.3 is 4.90 Å². The molecule has 0 saturated carbocycles. The second-order valence-electron chi connectivity index (χ2n) is 17.4. The Morgan fingerprint density at radius 2 is 0.797 bits per heavy atom. The van der Waals surface area contributed by atoms with E-state index in [2.05, 4.69) is 255 Å². The molecule has 0 bridgehead atoms. The monoisotopic (exact) mass is 815 g/mol. The molecule has 11 aromatic rings. The SMILES string of the molecule is Cc1cccc(N(c2ccc(-c3c4ccccc4c(-c4ccc5c(c4)-c4ccccc4C5(c4ccccc4)c4ccccc4)c4cc5ccccc5cc34)cc2)c2cccc(C)c2)c1. The average molecular weight is 816 g/mol. The maximum Gasteiger partial charge on any atom is 0.0713 e. The molecule has 302 valence electrons. The third-order valence-electron chi connectivity index (χ3n) is 13.6. The maximum absolute atomic E-state index is 2.48. The van der Waals surface area contributed by atoms with E-state index in [0.29, 0.717) is 0 Å². The van der Waals surface area contributed by atoms with E-state index in [1.807, 2.05) is 0 Å². The Morgan fingerprint density at radius 3 is 1.38 bits per heavy atom. The number of nitrogens with zero attached hydrogens (tertiary/aromatic N) is 1. The van der Waals surface area contributed by atoms with Gasteiger partial charge in [0.25, 0.3) is 0 Å². The minimum absolute atomic E-state index is 0.447. The van der Waals surface area contributed by atoms with E-state index < -0.39 is 5.41 Å². The molecule has 0 atom stereocenters. The van der Waals surface area contributed by atoms with Crippen LogP contribution < -0.4 is 4.90 Å². The summed E-state index contributed by atoms with van der Waals surface area (Å²) in [6.07, 6.45) is 0. The fourth-order valence-electron chi connectivity index (χ4n) is 10.8. The fourth-order valence-corrected chi connectivity index (χ4v) is 10.8. The van der Waals surface area contributed by atoms with Gasteiger partial charge in [-0.05, 0) is 168 Å². The van der Waals surface area contributed by atoms with Crippen LogP contribution in [-0.2, 0) is 5.41 Å². The van der Waals surface area contributed by atoms with Crippen molar-refractivity contribution < 1.29 is 0 Å². The Morgan fingerprint density at radius 1 is 0.312 bits per heavy atom. The van der Waals surface area contributed by atoms with E-state index in [-0.39, 0.29) is 0 Å². The van der Waals surface area contributed by atoms with E-state index in [1.54, 1.807) is 0 Å². The van der Waals surface area contributed by atoms with Crippen molar-refractivity contribution in [3.8, 4) is 33.4 Å². The Hall–Kier alpha value is -8.00. The van der Waals surface area contributed by atoms with Crippen LogP contribution in [0.5, 0.6) is 0 Å². The number of anilines is 3. The zero-order valence-electron chi connectivity index (χ0n) is 36.0. The van der Waals surface area contributed by atoms with Crippen molar-refractivity contribution in [1.29, 1.82) is 0 Å². The Kier molecular flexibility index (Phi) is 8.91. The van der Waals surface area contributed by atoms with Crippen molar-refractivity contribution in [2.75, 3.05) is 4.90 Å². The van der Waals surface area contributed by atoms with Gasteiger partial charge in [0.2, 0.25) is 0 Å². The fraction of sp³-hybridized carbons (Fsp3) is 0.0476. The predicted molar refractivity (Wildman–Crippen MR) is 271 cm³/mol. The Balaban J connectivity index is 1.09. The van der Waals surface area contributed by atoms with Crippen LogP contribution in [0, 0.1) is 13.8 Å². The molecule has 1 aliphatic rings. The highest BCUT2D eigenvalue weighted by molar-refractivity contribution is 6.23. The van der Waals surface area contributed by atoms with Gasteiger partial charge in [0.05, 0.1) is 5.41 Å². The molecule has 1 aliphatic carbocycles. The van der Waals surface area contributed by atoms with Crippen molar-refractivity contribution in [2.45, 2.75) is 19.3 Å². The van der Waals surface area contributed by atoms with Crippen LogP contribution >= 0.6 is 0 Å². The maximum atomic E-state index is 2.48. The normalized spacial score (nSPS) is 12.7. The first kappa shape index (κ1) is 37.7. The van der Waals surface area contributed by atoms with Crippen LogP contribution in [0.2, 0.25) is 0 Å². The van der Waals surface area contributed by atoms with E-state index in [1.165, 1.54) is 99.1 Å². The largest absolute Gasteiger partial charge is 0.310 e. The standard InChI is InChI=1S/C63H45N/c1-42-17-15-25-51(37-42)64(52-26-16-18-43(2)38-52)50-34-31-44(32-35-50)61-54-28-11-12-29-55(54)62(58-40-46-20-10-9-19-45(46)39-57(58)61)47-33-36-60-56(41-47)53-27-13-14-30-59(53)63(60,48-21-5-3-6-22-48)49-23-7-4-8-24-49/h3-41H,1-2H3. The number of fused-ring (bicyclic) bond motifs is 6. The smallest absolute Gasteiger partial charge is 0.0713 e. The molecule has 0 saturated heterocycles. The average Bonchev–Trinajstić information content (AvgIpc) is 3.64. The first-order valence-electron chi connectivity index (χ1n) is 22.3. The van der Waals surface area contributed by atoms with Gasteiger partial charge in [-0.2, -0.15) is 0 Å². The lowest BCUT2D eigenvalue weighted by Gasteiger charge is -2.34. The van der Waals surface area contributed by atoms with Crippen LogP contribution in [0.4, 0.5) is 17.1 Å². The third kappa shape index (κ3) is 5.93. The second-order valence-corrected chi connectivity index (χ2v) is 17.4. The topological polar surface area (TPSA) is 3.24 Å². The van der Waals surface area contributed by atoms with Gasteiger partial charge in [-0.15, -0.1) is 0 Å². The Bertz CT molecular complexity index is 3480. The molecule has 64 heavy (non-hydrogen) atoms. The van der Waals surface area contributed by atoms with Crippen molar-refractivity contribution >= 4 is 49.4 Å². The lowest BCUT2D eigenvalue weighted by atomic mass is 9.67. The summed E-state index contributed by atoms with van der Waals surface area (Å²) in [6, 6.07) is 88.0. The summed E-state index contributed by atoms with van der Waals surface area (Å²) >= 11 is 0. The number of rotatable bonds is 7. The molecule has 0 heterocycles. The molecule has 0 spiro atoms. The molecule has 12 rings (SSSR count). The third-order valence-corrected chi connectivity index (χ3v) is 13.6. The zero-order valence-corrected chi connectivity index (χ0v) is 36.0. The molecule has 0 aliphatic heterocycles. The minimum atomic E-state index is -0.447. The molecule has 0 amide bonds. The zero-order chi connectivity index (χ0) is 42.8. The minimum Gasteiger partial charge on any atom is -0.310 e. The van der Waals surface area contributed by atoms with E-state index in [0.717, 1.165) is 17.1 Å². The van der Waals surface area contributed by atoms with Crippen molar-refractivity contribution in [3.63, 3.8) is 0 Å². The van der Waals surface area contributed by atoms with E-state index in [4.69, 9.17) is 0 Å². The van der Waals surface area contributed by atoms with Gasteiger partial charge >= 0.3 is 0 Å². The van der Waals surface area contributed by atoms with Gasteiger partial charge in [-0.1, -0.05) is 182 Å². The summed E-state index contributed by atoms with van der Waals surface area (Å²) in [4.78, 5) is 2.37. The first-order chi connectivity index (χ1) is 31.6. The van der Waals surface area contributed by atoms with Gasteiger partial charge in [0.1, 0.15) is 0 Å². The number of hydrogen-bond acceptors (Lipinski definition) is 1. The molecule has 0 fully saturated rings. The van der Waals surface area contributed by atoms with Gasteiger partial charge in [0.15, 0.2) is 0 Å². The molecule has 0 radical (unpaired) electrons. The van der Waals surface area contributed by atoms with Crippen LogP contribution in [0.1, 0.15) is 33.4 Å². The summed E-state index contributed by atoms with van der Waals surface area (Å²) in [6.45, 7) is 4.32. The lowest BCUT2D eigenvalue weighted by Crippen LogP contribution is -2.28. The summed E-state index contributed by atoms with van der Waals surface area (Å²) in [5.41, 5.74) is 18.1. The molecular formula is C63H45N. The molecular weight excluding hydrogens is 771 g/mol. The quantitative estimate of drug-likeness (QED) is 0.145. The van der Waals surface area contributed by atoms with Gasteiger partial charge in [-0.3, -0.25) is 0 Å². The van der Waals surface area contributed by atoms with Gasteiger partial charge in [-0.25, -0.2) is 0 Å². The van der Waals surface area contributed by atoms with Crippen LogP contribution in [0.3, 0.4) is 0 Å². The second kappa shape index (κ2) is 15.1. The summed E-state index contributed by atoms with van der Waals surface area (Å²) in [5, 5.41) is 7.45. The highest BCUT2D eigenvalue weighted by Gasteiger charge is 2.46. The van der Waals surface area contributed by atoms with Crippen molar-refractivity contribution in [2.24, 2.45) is 0 Å². The van der Waals surface area contributed by atoms with Crippen LogP contribution in [0.25, 0.3) is 65.7 Å². The summed E-state index contributed by atoms with van der Waals surface area (Å²) in [7, 11) is 0. The van der Waals surface area contributed by atoms with E-state index >= 15 is 0 Å². The number of benzene rings is 11. The molecule has 1 heteroatoms. The van der Waals surface area contributed by atoms with Crippen molar-refractivity contribution in [3.05, 3.63) is 270 Å². The highest BCUT2D eigenvalue weighted by atomic mass is 15.1. The molecule has 0 unspecified atom stereocenters. The first-order valence-corrected chi connectivity index (χ1v) is 22.3. The lowest BCUT2D eigenvalue weighted by molar-refractivity contribution is 0.768. The predicted octanol–water partition coefficient (Wildman–Crippen LogP) is 16.9. The van der Waals surface area contributed by atoms with Crippen LogP contribution in [-0.4, -0.2) is 0 Å². The Labute approximate surface area is 375 Å². The van der Waals surface area contributed by atoms with Gasteiger partial charge in [0, 0.05) is 17.1 Å². The summed E-state index contributed by atoms with van der Waals surface area (Å²) < 4.78 is 0.